The Morgan fingerprint density at radius 3 is 2.66 bits per heavy atom. The molecular formula is C30H44N2O6. The molecule has 38 heavy (non-hydrogen) atoms. The van der Waals surface area contributed by atoms with Crippen molar-refractivity contribution in [3.8, 4) is 0 Å². The fourth-order valence-corrected chi connectivity index (χ4v) is 6.68. The van der Waals surface area contributed by atoms with Crippen molar-refractivity contribution in [3.05, 3.63) is 36.0 Å². The molecule has 3 rings (SSSR count). The van der Waals surface area contributed by atoms with Crippen molar-refractivity contribution in [1.82, 2.24) is 10.6 Å². The third-order valence-electron chi connectivity index (χ3n) is 8.47. The predicted molar refractivity (Wildman–Crippen MR) is 145 cm³/mol. The molecule has 0 aromatic heterocycles. The van der Waals surface area contributed by atoms with Crippen molar-refractivity contribution in [2.24, 2.45) is 35.5 Å². The van der Waals surface area contributed by atoms with E-state index in [-0.39, 0.29) is 35.3 Å². The first-order valence-electron chi connectivity index (χ1n) is 14.1. The minimum Gasteiger partial charge on any atom is -0.385 e. The van der Waals surface area contributed by atoms with Crippen molar-refractivity contribution in [3.63, 3.8) is 0 Å². The molecule has 3 aliphatic rings. The average Bonchev–Trinajstić information content (AvgIpc) is 3.17. The van der Waals surface area contributed by atoms with Gasteiger partial charge in [-0.15, -0.1) is 6.58 Å². The van der Waals surface area contributed by atoms with E-state index in [4.69, 9.17) is 4.74 Å². The Bertz CT molecular complexity index is 1000. The number of unbranched alkanes of at least 4 members (excludes halogenated alkanes) is 2. The summed E-state index contributed by atoms with van der Waals surface area (Å²) in [6.07, 6.45) is 9.37. The monoisotopic (exact) mass is 528 g/mol. The van der Waals surface area contributed by atoms with Gasteiger partial charge in [0.1, 0.15) is 0 Å². The predicted octanol–water partition coefficient (Wildman–Crippen LogP) is 3.26. The molecule has 1 heterocycles. The van der Waals surface area contributed by atoms with Crippen LogP contribution in [-0.4, -0.2) is 54.0 Å². The largest absolute Gasteiger partial charge is 0.385 e. The Balaban J connectivity index is 1.89. The molecule has 0 aromatic rings. The number of carbonyl (C=O) groups excluding carboxylic acids is 4. The molecule has 0 spiro atoms. The Kier molecular flexibility index (Phi) is 10.2. The molecule has 0 aromatic carbocycles. The maximum Gasteiger partial charge on any atom is 0.262 e. The average molecular weight is 529 g/mol. The van der Waals surface area contributed by atoms with Crippen LogP contribution >= 0.6 is 0 Å². The Morgan fingerprint density at radius 2 is 2.00 bits per heavy atom. The van der Waals surface area contributed by atoms with Gasteiger partial charge in [-0.2, -0.15) is 0 Å². The summed E-state index contributed by atoms with van der Waals surface area (Å²) in [5.41, 5.74) is -1.26. The molecule has 3 N–H and O–H groups in total. The summed E-state index contributed by atoms with van der Waals surface area (Å²) in [6.45, 7) is 13.1. The number of rotatable bonds is 13. The molecule has 210 valence electrons. The number of carbonyl (C=O) groups is 4. The van der Waals surface area contributed by atoms with Crippen molar-refractivity contribution in [2.75, 3.05) is 19.8 Å². The molecule has 1 fully saturated rings. The van der Waals surface area contributed by atoms with Crippen LogP contribution in [0.2, 0.25) is 0 Å². The number of imide groups is 1. The minimum atomic E-state index is -1.37. The smallest absolute Gasteiger partial charge is 0.262 e. The molecule has 1 aliphatic heterocycles. The van der Waals surface area contributed by atoms with Gasteiger partial charge in [0, 0.05) is 42.4 Å². The lowest BCUT2D eigenvalue weighted by Gasteiger charge is -2.51. The minimum absolute atomic E-state index is 0.0890. The van der Waals surface area contributed by atoms with Gasteiger partial charge in [0.15, 0.2) is 5.78 Å². The molecule has 8 nitrogen and oxygen atoms in total. The van der Waals surface area contributed by atoms with Crippen LogP contribution in [0.25, 0.3) is 0 Å². The first kappa shape index (κ1) is 30.0. The molecule has 3 amide bonds. The number of hydrogen-bond acceptors (Lipinski definition) is 6. The highest BCUT2D eigenvalue weighted by Gasteiger charge is 2.55. The Labute approximate surface area is 226 Å². The molecule has 7 atom stereocenters. The van der Waals surface area contributed by atoms with Gasteiger partial charge < -0.3 is 15.2 Å². The Hall–Kier alpha value is -2.58. The van der Waals surface area contributed by atoms with Gasteiger partial charge in [-0.1, -0.05) is 58.3 Å². The number of Topliss-reactive ketones (excluding diaryl/α,β-unsaturated/α-hetero) is 1. The van der Waals surface area contributed by atoms with E-state index in [2.05, 4.69) is 24.1 Å². The molecule has 8 heteroatoms. The number of nitrogens with one attached hydrogen (secondary N) is 2. The number of aliphatic hydroxyl groups is 1. The van der Waals surface area contributed by atoms with E-state index in [1.165, 1.54) is 0 Å². The van der Waals surface area contributed by atoms with Crippen molar-refractivity contribution in [1.29, 1.82) is 0 Å². The summed E-state index contributed by atoms with van der Waals surface area (Å²) in [7, 11) is 0. The summed E-state index contributed by atoms with van der Waals surface area (Å²) < 4.78 is 5.30. The lowest BCUT2D eigenvalue weighted by atomic mass is 9.55. The van der Waals surface area contributed by atoms with Gasteiger partial charge in [-0.3, -0.25) is 24.5 Å². The second-order valence-electron chi connectivity index (χ2n) is 11.1. The van der Waals surface area contributed by atoms with Gasteiger partial charge in [0.25, 0.3) is 11.8 Å². The number of hydrogen-bond donors (Lipinski definition) is 3. The van der Waals surface area contributed by atoms with Crippen LogP contribution in [0.15, 0.2) is 36.0 Å². The van der Waals surface area contributed by atoms with Gasteiger partial charge >= 0.3 is 0 Å². The SMILES string of the molecule is C=CC(CCCCC)C1=C(C(=O)C2C(C)C=CC3(O)CC(C(=O)NCCOCC)CC(C)C23)C(=O)NC1=O. The van der Waals surface area contributed by atoms with Crippen LogP contribution in [0.1, 0.15) is 66.2 Å². The summed E-state index contributed by atoms with van der Waals surface area (Å²) in [6, 6.07) is 0. The zero-order valence-electron chi connectivity index (χ0n) is 23.3. The summed E-state index contributed by atoms with van der Waals surface area (Å²) >= 11 is 0. The van der Waals surface area contributed by atoms with E-state index < -0.39 is 46.9 Å². The van der Waals surface area contributed by atoms with E-state index in [1.807, 2.05) is 26.8 Å². The molecule has 0 bridgehead atoms. The molecule has 7 unspecified atom stereocenters. The highest BCUT2D eigenvalue weighted by atomic mass is 16.5. The van der Waals surface area contributed by atoms with Crippen LogP contribution in [0.4, 0.5) is 0 Å². The first-order valence-corrected chi connectivity index (χ1v) is 14.1. The second-order valence-corrected chi connectivity index (χ2v) is 11.1. The third-order valence-corrected chi connectivity index (χ3v) is 8.47. The number of amides is 3. The third kappa shape index (κ3) is 6.18. The van der Waals surface area contributed by atoms with Crippen molar-refractivity contribution < 1.29 is 29.0 Å². The number of ether oxygens (including phenoxy) is 1. The normalized spacial score (nSPS) is 31.6. The molecule has 0 saturated heterocycles. The Morgan fingerprint density at radius 1 is 1.26 bits per heavy atom. The standard InChI is InChI=1S/C30H44N2O6/c1-6-9-10-11-20(7-2)23-24(29(36)32-28(23)35)26(33)22-18(4)12-13-30(37)17-21(16-19(5)25(22)30)27(34)31-14-15-38-8-3/h7,12-13,18-22,25,37H,2,6,8-11,14-17H2,1,3-5H3,(H,31,34)(H,32,35,36). The highest BCUT2D eigenvalue weighted by Crippen LogP contribution is 2.51. The van der Waals surface area contributed by atoms with Crippen molar-refractivity contribution in [2.45, 2.75) is 71.8 Å². The highest BCUT2D eigenvalue weighted by molar-refractivity contribution is 6.33. The molecule has 0 radical (unpaired) electrons. The number of allylic oxidation sites excluding steroid dienone is 2. The maximum absolute atomic E-state index is 14.1. The van der Waals surface area contributed by atoms with E-state index in [9.17, 15) is 24.3 Å². The number of fused-ring (bicyclic) bond motifs is 1. The zero-order valence-corrected chi connectivity index (χ0v) is 23.3. The molecule has 2 aliphatic carbocycles. The molecular weight excluding hydrogens is 484 g/mol. The van der Waals surface area contributed by atoms with E-state index >= 15 is 0 Å². The van der Waals surface area contributed by atoms with Crippen LogP contribution < -0.4 is 10.6 Å². The molecule has 1 saturated carbocycles. The summed E-state index contributed by atoms with van der Waals surface area (Å²) in [5.74, 6) is -4.13. The van der Waals surface area contributed by atoms with E-state index in [1.54, 1.807) is 12.2 Å². The lowest BCUT2D eigenvalue weighted by molar-refractivity contribution is -0.144. The van der Waals surface area contributed by atoms with E-state index in [0.717, 1.165) is 19.3 Å². The summed E-state index contributed by atoms with van der Waals surface area (Å²) in [5, 5.41) is 17.0. The number of ketones is 1. The van der Waals surface area contributed by atoms with Crippen LogP contribution in [0.5, 0.6) is 0 Å². The first-order chi connectivity index (χ1) is 18.1. The quantitative estimate of drug-likeness (QED) is 0.146. The summed E-state index contributed by atoms with van der Waals surface area (Å²) in [4.78, 5) is 52.8. The fourth-order valence-electron chi connectivity index (χ4n) is 6.68. The van der Waals surface area contributed by atoms with Crippen LogP contribution in [0, 0.1) is 35.5 Å². The van der Waals surface area contributed by atoms with Crippen molar-refractivity contribution >= 4 is 23.5 Å². The van der Waals surface area contributed by atoms with Crippen LogP contribution in [0.3, 0.4) is 0 Å². The van der Waals surface area contributed by atoms with Gasteiger partial charge in [-0.05, 0) is 38.0 Å². The van der Waals surface area contributed by atoms with E-state index in [0.29, 0.717) is 32.6 Å². The van der Waals surface area contributed by atoms with Gasteiger partial charge in [0.2, 0.25) is 5.91 Å². The zero-order chi connectivity index (χ0) is 28.0. The maximum atomic E-state index is 14.1. The van der Waals surface area contributed by atoms with Crippen LogP contribution in [-0.2, 0) is 23.9 Å². The second kappa shape index (κ2) is 13.0. The van der Waals surface area contributed by atoms with Gasteiger partial charge in [-0.25, -0.2) is 0 Å². The lowest BCUT2D eigenvalue weighted by Crippen LogP contribution is -2.56. The topological polar surface area (TPSA) is 122 Å². The fraction of sp³-hybridized carbons (Fsp3) is 0.667. The van der Waals surface area contributed by atoms with Gasteiger partial charge in [0.05, 0.1) is 17.8 Å².